The van der Waals surface area contributed by atoms with Crippen molar-refractivity contribution < 1.29 is 9.59 Å². The van der Waals surface area contributed by atoms with Gasteiger partial charge in [0, 0.05) is 19.2 Å². The van der Waals surface area contributed by atoms with E-state index in [1.54, 1.807) is 14.0 Å². The third-order valence-corrected chi connectivity index (χ3v) is 3.70. The average Bonchev–Trinajstić information content (AvgIpc) is 2.36. The molecule has 0 aromatic carbocycles. The van der Waals surface area contributed by atoms with Crippen LogP contribution in [0.1, 0.15) is 13.3 Å². The molecule has 5 N–H and O–H groups in total. The fourth-order valence-corrected chi connectivity index (χ4v) is 1.89. The van der Waals surface area contributed by atoms with Crippen LogP contribution in [0.5, 0.6) is 0 Å². The highest BCUT2D eigenvalue weighted by Crippen LogP contribution is 2.10. The fourth-order valence-electron chi connectivity index (χ4n) is 1.24. The summed E-state index contributed by atoms with van der Waals surface area (Å²) in [7, 11) is 3.11. The summed E-state index contributed by atoms with van der Waals surface area (Å²) in [5, 5.41) is 7.84. The molecular formula is C10H22N4O2S2. The first-order valence-corrected chi connectivity index (χ1v) is 6.80. The van der Waals surface area contributed by atoms with Crippen molar-refractivity contribution in [1.29, 1.82) is 0 Å². The smallest absolute Gasteiger partial charge is 0.260 e. The Hall–Kier alpha value is -0.440. The molecule has 0 heterocycles. The van der Waals surface area contributed by atoms with Crippen molar-refractivity contribution in [3.05, 3.63) is 0 Å². The monoisotopic (exact) mass is 294 g/mol. The van der Waals surface area contributed by atoms with Gasteiger partial charge < -0.3 is 21.7 Å². The molecule has 6 nitrogen and oxygen atoms in total. The molecular weight excluding hydrogens is 272 g/mol. The Kier molecular flexibility index (Phi) is 7.05. The molecule has 0 aliphatic rings. The van der Waals surface area contributed by atoms with Crippen molar-refractivity contribution in [1.82, 2.24) is 16.0 Å². The van der Waals surface area contributed by atoms with E-state index in [1.807, 2.05) is 0 Å². The quantitative estimate of drug-likeness (QED) is 0.261. The molecule has 2 amide bonds. The number of nitrogens with two attached hydrogens (primary N) is 1. The summed E-state index contributed by atoms with van der Waals surface area (Å²) in [6, 6.07) is 0. The van der Waals surface area contributed by atoms with Crippen molar-refractivity contribution in [3.8, 4) is 0 Å². The highest BCUT2D eigenvalue weighted by molar-refractivity contribution is 7.80. The molecule has 2 atom stereocenters. The SMILES string of the molecule is CNC(=O)[C@@](N)(CCS)NC(=O)C(C)(CS)NC. The number of hydrogen-bond donors (Lipinski definition) is 6. The maximum absolute atomic E-state index is 12.1. The van der Waals surface area contributed by atoms with Gasteiger partial charge in [-0.3, -0.25) is 9.59 Å². The van der Waals surface area contributed by atoms with E-state index < -0.39 is 17.1 Å². The second-order valence-electron chi connectivity index (χ2n) is 4.22. The molecule has 0 saturated heterocycles. The fraction of sp³-hybridized carbons (Fsp3) is 0.800. The van der Waals surface area contributed by atoms with E-state index in [1.165, 1.54) is 7.05 Å². The van der Waals surface area contributed by atoms with Gasteiger partial charge in [0.1, 0.15) is 5.54 Å². The molecule has 8 heteroatoms. The maximum Gasteiger partial charge on any atom is 0.260 e. The summed E-state index contributed by atoms with van der Waals surface area (Å²) < 4.78 is 0. The van der Waals surface area contributed by atoms with Gasteiger partial charge in [0.25, 0.3) is 5.91 Å². The van der Waals surface area contributed by atoms with Gasteiger partial charge in [0.15, 0.2) is 5.66 Å². The van der Waals surface area contributed by atoms with Crippen LogP contribution < -0.4 is 21.7 Å². The van der Waals surface area contributed by atoms with Gasteiger partial charge in [-0.2, -0.15) is 25.3 Å². The number of thiol groups is 2. The Balaban J connectivity index is 5.00. The van der Waals surface area contributed by atoms with Crippen LogP contribution in [-0.4, -0.2) is 48.6 Å². The number of carbonyl (C=O) groups excluding carboxylic acids is 2. The largest absolute Gasteiger partial charge is 0.356 e. The second-order valence-corrected chi connectivity index (χ2v) is 4.98. The van der Waals surface area contributed by atoms with Crippen LogP contribution in [0.15, 0.2) is 0 Å². The lowest BCUT2D eigenvalue weighted by molar-refractivity contribution is -0.135. The molecule has 0 aliphatic heterocycles. The average molecular weight is 294 g/mol. The number of carbonyl (C=O) groups is 2. The first-order chi connectivity index (χ1) is 8.29. The lowest BCUT2D eigenvalue weighted by Crippen LogP contribution is -2.69. The van der Waals surface area contributed by atoms with Gasteiger partial charge in [-0.15, -0.1) is 0 Å². The van der Waals surface area contributed by atoms with Crippen molar-refractivity contribution in [2.75, 3.05) is 25.6 Å². The summed E-state index contributed by atoms with van der Waals surface area (Å²) in [5.74, 6) is -0.183. The van der Waals surface area contributed by atoms with Gasteiger partial charge >= 0.3 is 0 Å². The van der Waals surface area contributed by atoms with Crippen LogP contribution in [0.4, 0.5) is 0 Å². The van der Waals surface area contributed by atoms with Gasteiger partial charge in [0.2, 0.25) is 5.91 Å². The van der Waals surface area contributed by atoms with E-state index in [9.17, 15) is 9.59 Å². The maximum atomic E-state index is 12.1. The van der Waals surface area contributed by atoms with Gasteiger partial charge in [0.05, 0.1) is 0 Å². The Labute approximate surface area is 119 Å². The molecule has 1 unspecified atom stereocenters. The van der Waals surface area contributed by atoms with Crippen LogP contribution in [0.3, 0.4) is 0 Å². The van der Waals surface area contributed by atoms with Gasteiger partial charge in [-0.05, 0) is 19.7 Å². The third kappa shape index (κ3) is 4.04. The number of amides is 2. The standard InChI is InChI=1S/C10H22N4O2S2/c1-9(6-18,13-3)7(15)14-10(11,4-5-17)8(16)12-2/h13,17-18H,4-6,11H2,1-3H3,(H,12,16)(H,14,15)/t9?,10-/m1/s1. The Morgan fingerprint density at radius 3 is 2.11 bits per heavy atom. The highest BCUT2D eigenvalue weighted by atomic mass is 32.1. The topological polar surface area (TPSA) is 96.2 Å². The lowest BCUT2D eigenvalue weighted by Gasteiger charge is -2.33. The predicted molar refractivity (Wildman–Crippen MR) is 78.9 cm³/mol. The first-order valence-electron chi connectivity index (χ1n) is 5.54. The van der Waals surface area contributed by atoms with E-state index in [4.69, 9.17) is 5.73 Å². The number of likely N-dealkylation sites (N-methyl/N-ethyl adjacent to an activating group) is 2. The zero-order chi connectivity index (χ0) is 14.4. The minimum absolute atomic E-state index is 0.230. The van der Waals surface area contributed by atoms with Crippen molar-refractivity contribution in [3.63, 3.8) is 0 Å². The predicted octanol–water partition coefficient (Wildman–Crippen LogP) is -1.27. The first kappa shape index (κ1) is 17.6. The van der Waals surface area contributed by atoms with Crippen LogP contribution >= 0.6 is 25.3 Å². The number of hydrogen-bond acceptors (Lipinski definition) is 6. The second kappa shape index (κ2) is 7.22. The van der Waals surface area contributed by atoms with E-state index in [2.05, 4.69) is 41.2 Å². The molecule has 0 radical (unpaired) electrons. The molecule has 18 heavy (non-hydrogen) atoms. The van der Waals surface area contributed by atoms with Crippen LogP contribution in [0.2, 0.25) is 0 Å². The normalized spacial score (nSPS) is 17.4. The van der Waals surface area contributed by atoms with Crippen molar-refractivity contribution in [2.45, 2.75) is 24.5 Å². The van der Waals surface area contributed by atoms with E-state index >= 15 is 0 Å². The Morgan fingerprint density at radius 2 is 1.78 bits per heavy atom. The minimum Gasteiger partial charge on any atom is -0.356 e. The van der Waals surface area contributed by atoms with E-state index in [-0.39, 0.29) is 18.1 Å². The summed E-state index contributed by atoms with van der Waals surface area (Å²) >= 11 is 8.16. The van der Waals surface area contributed by atoms with Gasteiger partial charge in [-0.25, -0.2) is 0 Å². The van der Waals surface area contributed by atoms with Crippen LogP contribution in [0, 0.1) is 0 Å². The molecule has 0 aromatic heterocycles. The molecule has 106 valence electrons. The Morgan fingerprint density at radius 1 is 1.22 bits per heavy atom. The minimum atomic E-state index is -1.46. The van der Waals surface area contributed by atoms with Crippen LogP contribution in [-0.2, 0) is 9.59 Å². The summed E-state index contributed by atoms with van der Waals surface area (Å²) in [6.07, 6.45) is 0.230. The number of nitrogens with one attached hydrogen (secondary N) is 3. The van der Waals surface area contributed by atoms with Crippen molar-refractivity contribution >= 4 is 37.1 Å². The van der Waals surface area contributed by atoms with Crippen molar-refractivity contribution in [2.24, 2.45) is 5.73 Å². The van der Waals surface area contributed by atoms with E-state index in [0.29, 0.717) is 5.75 Å². The summed E-state index contributed by atoms with van der Waals surface area (Å²) in [5.41, 5.74) is 3.57. The Bertz CT molecular complexity index is 310. The molecule has 0 spiro atoms. The van der Waals surface area contributed by atoms with Crippen LogP contribution in [0.25, 0.3) is 0 Å². The third-order valence-electron chi connectivity index (χ3n) is 2.84. The number of rotatable bonds is 7. The molecule has 0 bridgehead atoms. The zero-order valence-electron chi connectivity index (χ0n) is 10.9. The molecule has 0 aliphatic carbocycles. The summed E-state index contributed by atoms with van der Waals surface area (Å²) in [4.78, 5) is 23.9. The molecule has 0 fully saturated rings. The molecule has 0 saturated carbocycles. The van der Waals surface area contributed by atoms with E-state index in [0.717, 1.165) is 0 Å². The summed E-state index contributed by atoms with van der Waals surface area (Å²) in [6.45, 7) is 1.68. The van der Waals surface area contributed by atoms with Gasteiger partial charge in [-0.1, -0.05) is 0 Å². The highest BCUT2D eigenvalue weighted by Gasteiger charge is 2.39. The molecule has 0 aromatic rings. The molecule has 0 rings (SSSR count). The lowest BCUT2D eigenvalue weighted by atomic mass is 10.0. The zero-order valence-corrected chi connectivity index (χ0v) is 12.7.